The summed E-state index contributed by atoms with van der Waals surface area (Å²) < 4.78 is 22.1. The fourth-order valence-corrected chi connectivity index (χ4v) is 11.5. The second-order valence-corrected chi connectivity index (χ2v) is 19.2. The minimum atomic E-state index is -0.942. The molecular formula is C54H67N3O13. The highest BCUT2D eigenvalue weighted by Gasteiger charge is 2.37. The van der Waals surface area contributed by atoms with E-state index in [0.29, 0.717) is 164 Å². The quantitative estimate of drug-likeness (QED) is 0.0336. The monoisotopic (exact) mass is 965 g/mol. The zero-order valence-corrected chi connectivity index (χ0v) is 40.9. The highest BCUT2D eigenvalue weighted by atomic mass is 16.5. The first-order valence-electron chi connectivity index (χ1n) is 24.8. The van der Waals surface area contributed by atoms with Gasteiger partial charge in [0.15, 0.2) is 11.2 Å². The SMILES string of the molecule is COCCOCCC(=O)N1CCC(CCc2c(O)c3c(=O)cc(CO)c4c5c(CO)cc(NCC6CCN(C(=O)CCOCCCO)CC6)c6c(=O)c(OC)c7c(c(c2C=C(C)C7C(C)=O)c34)c65)CC1. The number of methoxy groups -OCH3 is 2. The van der Waals surface area contributed by atoms with E-state index in [0.717, 1.165) is 12.8 Å². The lowest BCUT2D eigenvalue weighted by atomic mass is 9.78. The fraction of sp³-hybridized carbons (Fsp3) is 0.537. The van der Waals surface area contributed by atoms with Crippen LogP contribution in [0.15, 0.2) is 27.3 Å². The van der Waals surface area contributed by atoms with Crippen molar-refractivity contribution in [3.63, 3.8) is 0 Å². The normalized spacial score (nSPS) is 16.8. The number of aliphatic hydroxyl groups excluding tert-OH is 3. The van der Waals surface area contributed by atoms with E-state index in [1.807, 2.05) is 22.8 Å². The number of carbonyl (C=O) groups excluding carboxylic acids is 3. The van der Waals surface area contributed by atoms with Crippen LogP contribution in [0.4, 0.5) is 5.69 Å². The Hall–Kier alpha value is -5.49. The number of nitrogens with one attached hydrogen (secondary N) is 1. The molecule has 16 heteroatoms. The third-order valence-corrected chi connectivity index (χ3v) is 15.0. The summed E-state index contributed by atoms with van der Waals surface area (Å²) in [7, 11) is 3.01. The first-order valence-corrected chi connectivity index (χ1v) is 24.8. The number of benzene rings is 5. The molecule has 0 bridgehead atoms. The minimum Gasteiger partial charge on any atom is -0.507 e. The average Bonchev–Trinajstić information content (AvgIpc) is 3.49. The number of ether oxygens (including phenoxy) is 4. The Balaban J connectivity index is 1.22. The standard InChI is InChI=1S/C54H67N3O13/c1-30-24-37-36(7-6-32-8-14-56(15-9-32)41(64)13-21-70-23-22-67-3)52(65)47-39(62)26-35(29-60)44-43-34(28-59)25-38(55-27-33-10-16-57(17-11-33)40(63)12-20-69-19-5-18-58)46-49(43)50(45(37)48(44)47)51(42(30)31(2)61)54(68-4)53(46)66/h24-26,32-33,42,55,58-60,65H,5-23,27-29H2,1-4H3. The fourth-order valence-electron chi connectivity index (χ4n) is 11.5. The van der Waals surface area contributed by atoms with E-state index in [1.54, 1.807) is 13.2 Å². The number of Topliss-reactive ketones (excluding diaryl/α,β-unsaturated/α-hetero) is 1. The van der Waals surface area contributed by atoms with Gasteiger partial charge in [-0.1, -0.05) is 11.6 Å². The van der Waals surface area contributed by atoms with Gasteiger partial charge in [0.25, 0.3) is 0 Å². The van der Waals surface area contributed by atoms with E-state index < -0.39 is 30.0 Å². The number of anilines is 1. The predicted molar refractivity (Wildman–Crippen MR) is 268 cm³/mol. The molecule has 16 nitrogen and oxygen atoms in total. The largest absolute Gasteiger partial charge is 0.507 e. The topological polar surface area (TPSA) is 222 Å². The Labute approximate surface area is 406 Å². The van der Waals surface area contributed by atoms with Crippen molar-refractivity contribution in [1.29, 1.82) is 0 Å². The number of phenolic OH excluding ortho intramolecular Hbond substituents is 1. The molecule has 0 aromatic heterocycles. The zero-order chi connectivity index (χ0) is 49.8. The number of hydrogen-bond acceptors (Lipinski definition) is 14. The molecular weight excluding hydrogens is 899 g/mol. The van der Waals surface area contributed by atoms with Crippen LogP contribution in [0.5, 0.6) is 11.5 Å². The van der Waals surface area contributed by atoms with Gasteiger partial charge in [-0.2, -0.15) is 0 Å². The Morgan fingerprint density at radius 2 is 1.33 bits per heavy atom. The van der Waals surface area contributed by atoms with Crippen molar-refractivity contribution in [2.45, 2.75) is 90.8 Å². The van der Waals surface area contributed by atoms with Gasteiger partial charge >= 0.3 is 0 Å². The number of carbonyl (C=O) groups is 3. The molecule has 5 N–H and O–H groups in total. The molecule has 2 heterocycles. The van der Waals surface area contributed by atoms with Crippen molar-refractivity contribution in [1.82, 2.24) is 9.80 Å². The molecule has 1 unspecified atom stereocenters. The van der Waals surface area contributed by atoms with Gasteiger partial charge in [-0.3, -0.25) is 24.0 Å². The molecule has 2 saturated heterocycles. The average molecular weight is 966 g/mol. The molecule has 8 rings (SSSR count). The Morgan fingerprint density at radius 3 is 1.91 bits per heavy atom. The first-order chi connectivity index (χ1) is 33.9. The highest BCUT2D eigenvalue weighted by Crippen LogP contribution is 2.54. The van der Waals surface area contributed by atoms with Gasteiger partial charge in [0.1, 0.15) is 11.5 Å². The molecule has 0 spiro atoms. The highest BCUT2D eigenvalue weighted by molar-refractivity contribution is 6.39. The van der Waals surface area contributed by atoms with Gasteiger partial charge in [0, 0.05) is 80.6 Å². The minimum absolute atomic E-state index is 0.0132. The molecule has 2 fully saturated rings. The summed E-state index contributed by atoms with van der Waals surface area (Å²) in [5.41, 5.74) is 2.30. The number of ketones is 1. The van der Waals surface area contributed by atoms with Crippen LogP contribution < -0.4 is 20.9 Å². The van der Waals surface area contributed by atoms with Gasteiger partial charge in [0.2, 0.25) is 17.2 Å². The number of fused-ring (bicyclic) bond motifs is 1. The molecule has 2 amide bonds. The molecule has 0 saturated carbocycles. The van der Waals surface area contributed by atoms with E-state index in [1.165, 1.54) is 20.1 Å². The summed E-state index contributed by atoms with van der Waals surface area (Å²) in [5.74, 6) is -0.989. The van der Waals surface area contributed by atoms with Crippen molar-refractivity contribution in [3.8, 4) is 11.5 Å². The van der Waals surface area contributed by atoms with Gasteiger partial charge in [0.05, 0.1) is 76.3 Å². The third-order valence-electron chi connectivity index (χ3n) is 15.0. The Bertz CT molecular complexity index is 2900. The number of rotatable bonds is 22. The van der Waals surface area contributed by atoms with Crippen molar-refractivity contribution >= 4 is 72.5 Å². The summed E-state index contributed by atoms with van der Waals surface area (Å²) >= 11 is 0. The molecule has 1 atom stereocenters. The van der Waals surface area contributed by atoms with E-state index >= 15 is 4.79 Å². The number of nitrogens with zero attached hydrogens (tertiary/aromatic N) is 2. The van der Waals surface area contributed by atoms with Crippen molar-refractivity contribution in [2.75, 3.05) is 91.9 Å². The number of aromatic hydroxyl groups is 1. The summed E-state index contributed by atoms with van der Waals surface area (Å²) in [6.07, 6.45) is 6.91. The van der Waals surface area contributed by atoms with Gasteiger partial charge in [-0.25, -0.2) is 0 Å². The van der Waals surface area contributed by atoms with Crippen LogP contribution in [-0.4, -0.2) is 134 Å². The number of phenols is 1. The second-order valence-electron chi connectivity index (χ2n) is 19.2. The van der Waals surface area contributed by atoms with Gasteiger partial charge in [-0.05, 0) is 121 Å². The summed E-state index contributed by atoms with van der Waals surface area (Å²) in [5, 5.41) is 50.4. The van der Waals surface area contributed by atoms with E-state index in [9.17, 15) is 34.5 Å². The zero-order valence-electron chi connectivity index (χ0n) is 40.9. The molecule has 5 aromatic rings. The number of likely N-dealkylation sites (tertiary alicyclic amines) is 2. The first kappa shape index (κ1) is 50.9. The molecule has 1 aliphatic carbocycles. The van der Waals surface area contributed by atoms with Crippen LogP contribution in [0.2, 0.25) is 0 Å². The van der Waals surface area contributed by atoms with Crippen LogP contribution >= 0.6 is 0 Å². The van der Waals surface area contributed by atoms with Crippen molar-refractivity contribution in [2.24, 2.45) is 11.8 Å². The lowest BCUT2D eigenvalue weighted by Gasteiger charge is -2.32. The van der Waals surface area contributed by atoms with Crippen LogP contribution in [-0.2, 0) is 48.2 Å². The lowest BCUT2D eigenvalue weighted by molar-refractivity contribution is -0.134. The maximum atomic E-state index is 15.2. The summed E-state index contributed by atoms with van der Waals surface area (Å²) in [6, 6.07) is 3.06. The number of hydrogen-bond donors (Lipinski definition) is 5. The van der Waals surface area contributed by atoms with Crippen LogP contribution in [0.3, 0.4) is 0 Å². The molecule has 70 heavy (non-hydrogen) atoms. The summed E-state index contributed by atoms with van der Waals surface area (Å²) in [4.78, 5) is 73.4. The summed E-state index contributed by atoms with van der Waals surface area (Å²) in [6.45, 7) is 6.97. The van der Waals surface area contributed by atoms with Gasteiger partial charge in [-0.15, -0.1) is 0 Å². The number of allylic oxidation sites excluding steroid dienone is 1. The smallest absolute Gasteiger partial charge is 0.230 e. The van der Waals surface area contributed by atoms with E-state index in [-0.39, 0.29) is 76.7 Å². The number of amides is 2. The lowest BCUT2D eigenvalue weighted by Crippen LogP contribution is -2.40. The maximum Gasteiger partial charge on any atom is 0.230 e. The Morgan fingerprint density at radius 1 is 0.729 bits per heavy atom. The van der Waals surface area contributed by atoms with E-state index in [2.05, 4.69) is 5.32 Å². The third kappa shape index (κ3) is 9.66. The van der Waals surface area contributed by atoms with E-state index in [4.69, 9.17) is 24.1 Å². The molecule has 0 radical (unpaired) electrons. The van der Waals surface area contributed by atoms with Gasteiger partial charge < -0.3 is 54.5 Å². The van der Waals surface area contributed by atoms with Crippen molar-refractivity contribution < 1.29 is 53.8 Å². The predicted octanol–water partition coefficient (Wildman–Crippen LogP) is 5.35. The number of aliphatic hydroxyl groups is 3. The molecule has 5 aromatic carbocycles. The molecule has 2 aliphatic heterocycles. The van der Waals surface area contributed by atoms with Crippen LogP contribution in [0.1, 0.15) is 98.9 Å². The molecule has 376 valence electrons. The van der Waals surface area contributed by atoms with Crippen molar-refractivity contribution in [3.05, 3.63) is 66.0 Å². The maximum absolute atomic E-state index is 15.2. The Kier molecular flexibility index (Phi) is 16.2. The van der Waals surface area contributed by atoms with Crippen LogP contribution in [0.25, 0.3) is 49.2 Å². The second kappa shape index (κ2) is 22.3. The number of piperidine rings is 2. The molecule has 3 aliphatic rings. The van der Waals surface area contributed by atoms with Crippen LogP contribution in [0, 0.1) is 11.8 Å².